The molecule has 2 amide bonds. The number of carbonyl (C=O) groups is 2. The molecule has 7 nitrogen and oxygen atoms in total. The summed E-state index contributed by atoms with van der Waals surface area (Å²) >= 11 is 1.58. The Bertz CT molecular complexity index is 1390. The molecule has 3 aromatic heterocycles. The molecule has 0 atom stereocenters. The van der Waals surface area contributed by atoms with E-state index in [0.29, 0.717) is 16.9 Å². The van der Waals surface area contributed by atoms with Gasteiger partial charge in [-0.1, -0.05) is 18.2 Å². The van der Waals surface area contributed by atoms with E-state index in [2.05, 4.69) is 15.6 Å². The summed E-state index contributed by atoms with van der Waals surface area (Å²) in [6.45, 7) is 1.86. The lowest BCUT2D eigenvalue weighted by atomic mass is 10.1. The van der Waals surface area contributed by atoms with Crippen molar-refractivity contribution >= 4 is 39.5 Å². The zero-order chi connectivity index (χ0) is 22.1. The fourth-order valence-electron chi connectivity index (χ4n) is 3.28. The van der Waals surface area contributed by atoms with Crippen LogP contribution in [0.25, 0.3) is 16.2 Å². The maximum absolute atomic E-state index is 12.8. The first-order valence-corrected chi connectivity index (χ1v) is 10.7. The van der Waals surface area contributed by atoms with Gasteiger partial charge in [-0.2, -0.15) is 0 Å². The van der Waals surface area contributed by atoms with Crippen molar-refractivity contribution in [3.63, 3.8) is 0 Å². The first kappa shape index (κ1) is 19.8. The molecular formula is C24H18N4O3S. The molecule has 5 rings (SSSR count). The Hall–Kier alpha value is -4.17. The number of fused-ring (bicyclic) bond motifs is 1. The SMILES string of the molecule is Cc1ccc(C(=O)Nc2ccc(-c3cn4ccsc4n3)cc2)cc1NC(=O)c1ccco1. The quantitative estimate of drug-likeness (QED) is 0.378. The van der Waals surface area contributed by atoms with Gasteiger partial charge >= 0.3 is 0 Å². The highest BCUT2D eigenvalue weighted by atomic mass is 32.1. The molecule has 0 bridgehead atoms. The van der Waals surface area contributed by atoms with Gasteiger partial charge in [-0.3, -0.25) is 14.0 Å². The van der Waals surface area contributed by atoms with Crippen molar-refractivity contribution in [1.82, 2.24) is 9.38 Å². The summed E-state index contributed by atoms with van der Waals surface area (Å²) in [5.41, 5.74) is 4.34. The number of carbonyl (C=O) groups excluding carboxylic acids is 2. The van der Waals surface area contributed by atoms with E-state index in [9.17, 15) is 9.59 Å². The molecule has 0 aliphatic rings. The maximum Gasteiger partial charge on any atom is 0.291 e. The number of thiazole rings is 1. The van der Waals surface area contributed by atoms with Crippen molar-refractivity contribution in [3.05, 3.63) is 95.5 Å². The number of imidazole rings is 1. The van der Waals surface area contributed by atoms with E-state index >= 15 is 0 Å². The normalized spacial score (nSPS) is 10.9. The summed E-state index contributed by atoms with van der Waals surface area (Å²) in [6.07, 6.45) is 5.38. The lowest BCUT2D eigenvalue weighted by molar-refractivity contribution is 0.0993. The second-order valence-electron chi connectivity index (χ2n) is 7.21. The monoisotopic (exact) mass is 442 g/mol. The van der Waals surface area contributed by atoms with Gasteiger partial charge in [0.25, 0.3) is 11.8 Å². The Morgan fingerprint density at radius 3 is 2.62 bits per heavy atom. The van der Waals surface area contributed by atoms with Crippen LogP contribution in [0.15, 0.2) is 83.1 Å². The van der Waals surface area contributed by atoms with Crippen LogP contribution >= 0.6 is 11.3 Å². The van der Waals surface area contributed by atoms with E-state index in [0.717, 1.165) is 21.8 Å². The average molecular weight is 443 g/mol. The van der Waals surface area contributed by atoms with E-state index in [1.165, 1.54) is 6.26 Å². The van der Waals surface area contributed by atoms with Crippen molar-refractivity contribution in [2.24, 2.45) is 0 Å². The minimum absolute atomic E-state index is 0.205. The van der Waals surface area contributed by atoms with E-state index in [1.807, 2.05) is 53.4 Å². The van der Waals surface area contributed by atoms with Crippen molar-refractivity contribution in [1.29, 1.82) is 0 Å². The minimum atomic E-state index is -0.370. The van der Waals surface area contributed by atoms with Gasteiger partial charge in [0.2, 0.25) is 0 Å². The Balaban J connectivity index is 1.30. The number of aryl methyl sites for hydroxylation is 1. The van der Waals surface area contributed by atoms with Gasteiger partial charge in [-0.15, -0.1) is 11.3 Å². The number of hydrogen-bond donors (Lipinski definition) is 2. The van der Waals surface area contributed by atoms with E-state index < -0.39 is 0 Å². The summed E-state index contributed by atoms with van der Waals surface area (Å²) in [7, 11) is 0. The lowest BCUT2D eigenvalue weighted by Crippen LogP contribution is -2.15. The first-order chi connectivity index (χ1) is 15.6. The molecule has 8 heteroatoms. The smallest absolute Gasteiger partial charge is 0.291 e. The van der Waals surface area contributed by atoms with Gasteiger partial charge in [0.05, 0.1) is 12.0 Å². The van der Waals surface area contributed by atoms with Crippen molar-refractivity contribution < 1.29 is 14.0 Å². The van der Waals surface area contributed by atoms with Gasteiger partial charge in [-0.05, 0) is 48.9 Å². The van der Waals surface area contributed by atoms with E-state index in [-0.39, 0.29) is 17.6 Å². The average Bonchev–Trinajstić information content (AvgIpc) is 3.53. The molecule has 0 aliphatic carbocycles. The number of anilines is 2. The zero-order valence-electron chi connectivity index (χ0n) is 17.0. The molecule has 0 spiro atoms. The maximum atomic E-state index is 12.8. The highest BCUT2D eigenvalue weighted by Crippen LogP contribution is 2.24. The molecule has 0 saturated carbocycles. The third kappa shape index (κ3) is 3.91. The molecule has 2 N–H and O–H groups in total. The summed E-state index contributed by atoms with van der Waals surface area (Å²) in [6, 6.07) is 15.9. The largest absolute Gasteiger partial charge is 0.459 e. The Morgan fingerprint density at radius 2 is 1.88 bits per heavy atom. The Morgan fingerprint density at radius 1 is 1.03 bits per heavy atom. The third-order valence-electron chi connectivity index (χ3n) is 5.02. The second-order valence-corrected chi connectivity index (χ2v) is 8.08. The molecule has 0 aliphatic heterocycles. The number of rotatable bonds is 5. The van der Waals surface area contributed by atoms with Crippen molar-refractivity contribution in [2.45, 2.75) is 6.92 Å². The molecule has 0 fully saturated rings. The number of benzene rings is 2. The Kier molecular flexibility index (Phi) is 5.04. The van der Waals surface area contributed by atoms with Crippen LogP contribution in [0.2, 0.25) is 0 Å². The third-order valence-corrected chi connectivity index (χ3v) is 5.80. The topological polar surface area (TPSA) is 88.6 Å². The number of furan rings is 1. The number of aromatic nitrogens is 2. The van der Waals surface area contributed by atoms with Crippen LogP contribution in [0.4, 0.5) is 11.4 Å². The van der Waals surface area contributed by atoms with E-state index in [4.69, 9.17) is 4.42 Å². The molecule has 0 saturated heterocycles. The van der Waals surface area contributed by atoms with Crippen LogP contribution in [0.5, 0.6) is 0 Å². The number of nitrogens with zero attached hydrogens (tertiary/aromatic N) is 2. The fraction of sp³-hybridized carbons (Fsp3) is 0.0417. The molecule has 0 radical (unpaired) electrons. The molecule has 0 unspecified atom stereocenters. The van der Waals surface area contributed by atoms with Gasteiger partial charge in [0.15, 0.2) is 10.7 Å². The highest BCUT2D eigenvalue weighted by Gasteiger charge is 2.13. The lowest BCUT2D eigenvalue weighted by Gasteiger charge is -2.11. The first-order valence-electron chi connectivity index (χ1n) is 9.86. The summed E-state index contributed by atoms with van der Waals surface area (Å²) < 4.78 is 7.10. The van der Waals surface area contributed by atoms with Crippen LogP contribution < -0.4 is 10.6 Å². The number of nitrogens with one attached hydrogen (secondary N) is 2. The highest BCUT2D eigenvalue weighted by molar-refractivity contribution is 7.15. The zero-order valence-corrected chi connectivity index (χ0v) is 17.8. The van der Waals surface area contributed by atoms with Gasteiger partial charge in [0.1, 0.15) is 0 Å². The molecule has 2 aromatic carbocycles. The summed E-state index contributed by atoms with van der Waals surface area (Å²) in [5, 5.41) is 7.67. The molecular weight excluding hydrogens is 424 g/mol. The van der Waals surface area contributed by atoms with Crippen LogP contribution in [0, 0.1) is 6.92 Å². The predicted octanol–water partition coefficient (Wildman–Crippen LogP) is 5.47. The molecule has 32 heavy (non-hydrogen) atoms. The van der Waals surface area contributed by atoms with Crippen molar-refractivity contribution in [2.75, 3.05) is 10.6 Å². The van der Waals surface area contributed by atoms with Crippen LogP contribution in [-0.4, -0.2) is 21.2 Å². The van der Waals surface area contributed by atoms with Crippen LogP contribution in [0.3, 0.4) is 0 Å². The predicted molar refractivity (Wildman–Crippen MR) is 124 cm³/mol. The van der Waals surface area contributed by atoms with Crippen LogP contribution in [0.1, 0.15) is 26.5 Å². The minimum Gasteiger partial charge on any atom is -0.459 e. The number of amides is 2. The van der Waals surface area contributed by atoms with Gasteiger partial charge < -0.3 is 15.1 Å². The second kappa shape index (κ2) is 8.16. The summed E-state index contributed by atoms with van der Waals surface area (Å²) in [4.78, 5) is 30.6. The standard InChI is InChI=1S/C24H18N4O3S/c1-15-4-5-17(13-19(15)26-23(30)21-3-2-11-31-21)22(29)25-18-8-6-16(7-9-18)20-14-28-10-12-32-24(28)27-20/h2-14H,1H3,(H,25,29)(H,26,30). The fourth-order valence-corrected chi connectivity index (χ4v) is 3.98. The van der Waals surface area contributed by atoms with Crippen LogP contribution in [-0.2, 0) is 0 Å². The molecule has 3 heterocycles. The van der Waals surface area contributed by atoms with Crippen molar-refractivity contribution in [3.8, 4) is 11.3 Å². The number of hydrogen-bond acceptors (Lipinski definition) is 5. The Labute approximate surface area is 187 Å². The molecule has 5 aromatic rings. The van der Waals surface area contributed by atoms with Gasteiger partial charge in [-0.25, -0.2) is 4.98 Å². The molecule has 158 valence electrons. The summed E-state index contributed by atoms with van der Waals surface area (Å²) in [5.74, 6) is -0.434. The van der Waals surface area contributed by atoms with Gasteiger partial charge in [0, 0.05) is 40.3 Å². The van der Waals surface area contributed by atoms with E-state index in [1.54, 1.807) is 41.7 Å².